The highest BCUT2D eigenvalue weighted by molar-refractivity contribution is 7.13. The third-order valence-electron chi connectivity index (χ3n) is 1.39. The summed E-state index contributed by atoms with van der Waals surface area (Å²) in [6.45, 7) is 0. The summed E-state index contributed by atoms with van der Waals surface area (Å²) in [5.74, 6) is -1.11. The summed E-state index contributed by atoms with van der Waals surface area (Å²) in [5.41, 5.74) is 0.178. The molecule has 7 heteroatoms. The van der Waals surface area contributed by atoms with Crippen LogP contribution in [0.5, 0.6) is 0 Å². The average Bonchev–Trinajstić information content (AvgIpc) is 2.74. The van der Waals surface area contributed by atoms with E-state index in [2.05, 4.69) is 20.4 Å². The van der Waals surface area contributed by atoms with Crippen LogP contribution in [0.4, 0.5) is 0 Å². The highest BCUT2D eigenvalue weighted by atomic mass is 32.1. The van der Waals surface area contributed by atoms with Crippen LogP contribution in [0, 0.1) is 0 Å². The van der Waals surface area contributed by atoms with Gasteiger partial charge in [0.25, 0.3) is 0 Å². The number of thiazole rings is 1. The number of rotatable bonds is 2. The molecule has 0 amide bonds. The smallest absolute Gasteiger partial charge is 0.358 e. The zero-order chi connectivity index (χ0) is 9.26. The molecule has 13 heavy (non-hydrogen) atoms. The third kappa shape index (κ3) is 1.29. The van der Waals surface area contributed by atoms with Crippen molar-refractivity contribution < 1.29 is 9.90 Å². The number of carboxylic acid groups (broad SMARTS) is 1. The summed E-state index contributed by atoms with van der Waals surface area (Å²) >= 11 is 1.32. The van der Waals surface area contributed by atoms with E-state index in [1.54, 1.807) is 11.6 Å². The maximum atomic E-state index is 10.6. The van der Waals surface area contributed by atoms with Crippen LogP contribution in [0.2, 0.25) is 0 Å². The fraction of sp³-hybridized carbons (Fsp3) is 0. The van der Waals surface area contributed by atoms with Gasteiger partial charge in [0, 0.05) is 11.6 Å². The predicted molar refractivity (Wildman–Crippen MR) is 44.5 cm³/mol. The van der Waals surface area contributed by atoms with Crippen molar-refractivity contribution in [3.05, 3.63) is 17.3 Å². The summed E-state index contributed by atoms with van der Waals surface area (Å²) in [4.78, 5) is 14.6. The molecule has 0 bridgehead atoms. The normalized spacial score (nSPS) is 10.2. The van der Waals surface area contributed by atoms with Gasteiger partial charge in [0.1, 0.15) is 5.01 Å². The quantitative estimate of drug-likeness (QED) is 0.734. The lowest BCUT2D eigenvalue weighted by Crippen LogP contribution is -1.98. The van der Waals surface area contributed by atoms with Crippen LogP contribution in [-0.4, -0.2) is 31.5 Å². The van der Waals surface area contributed by atoms with E-state index < -0.39 is 5.97 Å². The Morgan fingerprint density at radius 1 is 1.54 bits per heavy atom. The fourth-order valence-electron chi connectivity index (χ4n) is 0.870. The molecule has 0 saturated carbocycles. The van der Waals surface area contributed by atoms with Gasteiger partial charge in [-0.2, -0.15) is 10.3 Å². The van der Waals surface area contributed by atoms with Gasteiger partial charge in [0.15, 0.2) is 5.69 Å². The molecule has 0 aliphatic heterocycles. The van der Waals surface area contributed by atoms with Gasteiger partial charge in [0.05, 0.1) is 0 Å². The van der Waals surface area contributed by atoms with Crippen LogP contribution in [0.1, 0.15) is 10.5 Å². The molecule has 2 N–H and O–H groups in total. The van der Waals surface area contributed by atoms with Gasteiger partial charge >= 0.3 is 5.97 Å². The molecule has 66 valence electrons. The average molecular weight is 196 g/mol. The summed E-state index contributed by atoms with van der Waals surface area (Å²) in [7, 11) is 0. The van der Waals surface area contributed by atoms with Crippen molar-refractivity contribution in [2.45, 2.75) is 0 Å². The lowest BCUT2D eigenvalue weighted by molar-refractivity contribution is 0.0691. The number of aromatic carboxylic acids is 1. The Morgan fingerprint density at radius 3 is 3.00 bits per heavy atom. The zero-order valence-electron chi connectivity index (χ0n) is 6.26. The Morgan fingerprint density at radius 2 is 2.38 bits per heavy atom. The molecule has 6 nitrogen and oxygen atoms in total. The van der Waals surface area contributed by atoms with Crippen molar-refractivity contribution in [1.82, 2.24) is 20.4 Å². The highest BCUT2D eigenvalue weighted by Gasteiger charge is 2.17. The van der Waals surface area contributed by atoms with E-state index in [9.17, 15) is 4.79 Å². The van der Waals surface area contributed by atoms with E-state index in [1.807, 2.05) is 0 Å². The number of carbonyl (C=O) groups is 1. The number of nitrogens with zero attached hydrogens (tertiary/aromatic N) is 3. The maximum absolute atomic E-state index is 10.6. The molecule has 0 aromatic carbocycles. The minimum absolute atomic E-state index is 0.102. The van der Waals surface area contributed by atoms with Crippen molar-refractivity contribution in [3.63, 3.8) is 0 Å². The summed E-state index contributed by atoms with van der Waals surface area (Å²) in [6, 6.07) is 0. The Kier molecular flexibility index (Phi) is 1.78. The highest BCUT2D eigenvalue weighted by Crippen LogP contribution is 2.21. The number of aromatic amines is 1. The minimum atomic E-state index is -1.11. The Hall–Kier alpha value is -1.76. The van der Waals surface area contributed by atoms with Crippen LogP contribution in [0.3, 0.4) is 0 Å². The first-order valence-electron chi connectivity index (χ1n) is 3.33. The predicted octanol–water partition coefficient (Wildman–Crippen LogP) is 0.626. The first kappa shape index (κ1) is 7.87. The molecular formula is C6H4N4O2S. The molecule has 2 aromatic heterocycles. The van der Waals surface area contributed by atoms with E-state index in [4.69, 9.17) is 5.11 Å². The largest absolute Gasteiger partial charge is 0.476 e. The lowest BCUT2D eigenvalue weighted by atomic mass is 10.3. The molecule has 2 aromatic rings. The van der Waals surface area contributed by atoms with E-state index in [-0.39, 0.29) is 11.4 Å². The van der Waals surface area contributed by atoms with Gasteiger partial charge in [-0.3, -0.25) is 0 Å². The molecule has 0 aliphatic rings. The molecule has 0 radical (unpaired) electrons. The first-order valence-corrected chi connectivity index (χ1v) is 4.21. The van der Waals surface area contributed by atoms with E-state index in [1.165, 1.54) is 11.3 Å². The van der Waals surface area contributed by atoms with Crippen LogP contribution in [-0.2, 0) is 0 Å². The van der Waals surface area contributed by atoms with E-state index in [0.29, 0.717) is 5.01 Å². The zero-order valence-corrected chi connectivity index (χ0v) is 7.08. The number of H-pyrrole nitrogens is 1. The fourth-order valence-corrected chi connectivity index (χ4v) is 1.50. The number of carboxylic acids is 1. The van der Waals surface area contributed by atoms with E-state index in [0.717, 1.165) is 0 Å². The van der Waals surface area contributed by atoms with Crippen molar-refractivity contribution in [3.8, 4) is 10.7 Å². The molecule has 0 aliphatic carbocycles. The maximum Gasteiger partial charge on any atom is 0.358 e. The van der Waals surface area contributed by atoms with Crippen molar-refractivity contribution >= 4 is 17.3 Å². The van der Waals surface area contributed by atoms with Crippen LogP contribution in [0.25, 0.3) is 10.7 Å². The second-order valence-corrected chi connectivity index (χ2v) is 3.06. The van der Waals surface area contributed by atoms with Gasteiger partial charge in [-0.15, -0.1) is 16.4 Å². The molecule has 0 saturated heterocycles. The molecule has 0 atom stereocenters. The second-order valence-electron chi connectivity index (χ2n) is 2.16. The Balaban J connectivity index is 2.52. The standard InChI is InChI=1S/C6H4N4O2S/c11-6(12)4-3(8-10-9-4)5-7-1-2-13-5/h1-2H,(H,11,12)(H,8,9,10). The number of hydrogen-bond acceptors (Lipinski definition) is 5. The van der Waals surface area contributed by atoms with Gasteiger partial charge in [-0.25, -0.2) is 9.78 Å². The summed E-state index contributed by atoms with van der Waals surface area (Å²) in [6.07, 6.45) is 1.58. The van der Waals surface area contributed by atoms with Crippen LogP contribution in [0.15, 0.2) is 11.6 Å². The topological polar surface area (TPSA) is 91.8 Å². The Labute approximate surface area is 76.3 Å². The van der Waals surface area contributed by atoms with Crippen LogP contribution < -0.4 is 0 Å². The molecule has 0 fully saturated rings. The summed E-state index contributed by atoms with van der Waals surface area (Å²) in [5, 5.41) is 20.5. The second kappa shape index (κ2) is 2.94. The third-order valence-corrected chi connectivity index (χ3v) is 2.17. The summed E-state index contributed by atoms with van der Waals surface area (Å²) < 4.78 is 0. The molecule has 0 spiro atoms. The molecule has 2 rings (SSSR count). The van der Waals surface area contributed by atoms with Crippen molar-refractivity contribution in [1.29, 1.82) is 0 Å². The van der Waals surface area contributed by atoms with Gasteiger partial charge in [-0.05, 0) is 0 Å². The molecule has 2 heterocycles. The SMILES string of the molecule is O=C(O)c1n[nH]nc1-c1nccs1. The number of hydrogen-bond donors (Lipinski definition) is 2. The van der Waals surface area contributed by atoms with Gasteiger partial charge < -0.3 is 5.11 Å². The first-order chi connectivity index (χ1) is 6.29. The van der Waals surface area contributed by atoms with Crippen molar-refractivity contribution in [2.75, 3.05) is 0 Å². The number of aromatic nitrogens is 4. The molecular weight excluding hydrogens is 192 g/mol. The minimum Gasteiger partial charge on any atom is -0.476 e. The van der Waals surface area contributed by atoms with Crippen molar-refractivity contribution in [2.24, 2.45) is 0 Å². The van der Waals surface area contributed by atoms with Gasteiger partial charge in [0.2, 0.25) is 5.69 Å². The van der Waals surface area contributed by atoms with E-state index >= 15 is 0 Å². The monoisotopic (exact) mass is 196 g/mol. The van der Waals surface area contributed by atoms with Gasteiger partial charge in [-0.1, -0.05) is 0 Å². The lowest BCUT2D eigenvalue weighted by Gasteiger charge is -1.88. The molecule has 0 unspecified atom stereocenters. The Bertz CT molecular complexity index is 422. The number of nitrogens with one attached hydrogen (secondary N) is 1. The van der Waals surface area contributed by atoms with Crippen LogP contribution >= 0.6 is 11.3 Å².